The molecule has 0 bridgehead atoms. The molecule has 0 saturated carbocycles. The minimum absolute atomic E-state index is 0.0993. The van der Waals surface area contributed by atoms with E-state index in [9.17, 15) is 0 Å². The monoisotopic (exact) mass is 282 g/mol. The molecule has 7 nitrogen and oxygen atoms in total. The van der Waals surface area contributed by atoms with Crippen LogP contribution in [-0.4, -0.2) is 34.6 Å². The molecule has 0 aliphatic heterocycles. The van der Waals surface area contributed by atoms with Crippen molar-refractivity contribution in [1.82, 2.24) is 15.0 Å². The fraction of sp³-hybridized carbons (Fsp3) is 0.769. The van der Waals surface area contributed by atoms with Crippen LogP contribution in [0.3, 0.4) is 0 Å². The van der Waals surface area contributed by atoms with E-state index in [2.05, 4.69) is 48.1 Å². The molecule has 0 aliphatic rings. The number of hydrazine groups is 1. The van der Waals surface area contributed by atoms with Gasteiger partial charge < -0.3 is 9.64 Å². The van der Waals surface area contributed by atoms with Gasteiger partial charge in [0.25, 0.3) is 0 Å². The van der Waals surface area contributed by atoms with E-state index in [0.29, 0.717) is 18.5 Å². The van der Waals surface area contributed by atoms with Crippen molar-refractivity contribution in [2.75, 3.05) is 24.0 Å². The fourth-order valence-corrected chi connectivity index (χ4v) is 1.58. The van der Waals surface area contributed by atoms with Crippen molar-refractivity contribution in [3.05, 3.63) is 0 Å². The summed E-state index contributed by atoms with van der Waals surface area (Å²) in [5.74, 6) is 6.24. The predicted octanol–water partition coefficient (Wildman–Crippen LogP) is 1.82. The number of rotatable bonds is 6. The molecule has 20 heavy (non-hydrogen) atoms. The first kappa shape index (κ1) is 16.4. The Hall–Kier alpha value is -1.63. The highest BCUT2D eigenvalue weighted by atomic mass is 16.5. The van der Waals surface area contributed by atoms with Crippen molar-refractivity contribution >= 4 is 11.9 Å². The number of hydrogen-bond donors (Lipinski definition) is 2. The number of nitrogens with one attached hydrogen (secondary N) is 1. The molecule has 1 aromatic heterocycles. The quantitative estimate of drug-likeness (QED) is 0.607. The van der Waals surface area contributed by atoms with Crippen LogP contribution in [0.4, 0.5) is 11.9 Å². The average Bonchev–Trinajstić information content (AvgIpc) is 2.41. The molecule has 1 aromatic rings. The van der Waals surface area contributed by atoms with Gasteiger partial charge in [-0.1, -0.05) is 27.7 Å². The molecule has 0 fully saturated rings. The van der Waals surface area contributed by atoms with Gasteiger partial charge in [-0.05, 0) is 18.8 Å². The number of ether oxygens (including phenoxy) is 1. The summed E-state index contributed by atoms with van der Waals surface area (Å²) in [5, 5.41) is 0. The van der Waals surface area contributed by atoms with Crippen LogP contribution < -0.4 is 20.9 Å². The van der Waals surface area contributed by atoms with Gasteiger partial charge in [-0.2, -0.15) is 15.0 Å². The SMILES string of the molecule is CCCOc1nc(NN)nc(N(C)C(C)C(C)(C)C)n1. The first-order valence-electron chi connectivity index (χ1n) is 6.88. The molecule has 7 heteroatoms. The first-order valence-corrected chi connectivity index (χ1v) is 6.88. The number of nitrogens with two attached hydrogens (primary N) is 1. The van der Waals surface area contributed by atoms with E-state index >= 15 is 0 Å². The van der Waals surface area contributed by atoms with E-state index in [1.807, 2.05) is 18.9 Å². The number of aromatic nitrogens is 3. The van der Waals surface area contributed by atoms with Crippen molar-refractivity contribution in [1.29, 1.82) is 0 Å². The van der Waals surface area contributed by atoms with E-state index in [-0.39, 0.29) is 17.5 Å². The van der Waals surface area contributed by atoms with E-state index < -0.39 is 0 Å². The summed E-state index contributed by atoms with van der Waals surface area (Å²) in [7, 11) is 1.95. The van der Waals surface area contributed by atoms with Gasteiger partial charge in [0, 0.05) is 13.1 Å². The summed E-state index contributed by atoms with van der Waals surface area (Å²) in [5.41, 5.74) is 2.55. The van der Waals surface area contributed by atoms with Crippen molar-refractivity contribution in [3.8, 4) is 6.01 Å². The van der Waals surface area contributed by atoms with Gasteiger partial charge in [-0.15, -0.1) is 0 Å². The summed E-state index contributed by atoms with van der Waals surface area (Å²) in [6.07, 6.45) is 0.890. The van der Waals surface area contributed by atoms with Gasteiger partial charge in [-0.25, -0.2) is 5.84 Å². The van der Waals surface area contributed by atoms with Crippen LogP contribution >= 0.6 is 0 Å². The predicted molar refractivity (Wildman–Crippen MR) is 80.7 cm³/mol. The number of anilines is 2. The zero-order valence-corrected chi connectivity index (χ0v) is 13.3. The third-order valence-electron chi connectivity index (χ3n) is 3.32. The van der Waals surface area contributed by atoms with E-state index in [0.717, 1.165) is 6.42 Å². The summed E-state index contributed by atoms with van der Waals surface area (Å²) in [6.45, 7) is 11.2. The topological polar surface area (TPSA) is 89.2 Å². The van der Waals surface area contributed by atoms with Crippen LogP contribution in [0, 0.1) is 5.41 Å². The summed E-state index contributed by atoms with van der Waals surface area (Å²) >= 11 is 0. The van der Waals surface area contributed by atoms with Crippen molar-refractivity contribution in [2.45, 2.75) is 47.1 Å². The second-order valence-corrected chi connectivity index (χ2v) is 5.89. The lowest BCUT2D eigenvalue weighted by atomic mass is 9.87. The summed E-state index contributed by atoms with van der Waals surface area (Å²) < 4.78 is 5.47. The smallest absolute Gasteiger partial charge is 0.323 e. The molecule has 1 unspecified atom stereocenters. The standard InChI is InChI=1S/C13H26N6O/c1-7-8-20-12-16-10(18-14)15-11(17-12)19(6)9(2)13(3,4)5/h9H,7-8,14H2,1-6H3,(H,15,16,17,18). The third kappa shape index (κ3) is 4.19. The zero-order chi connectivity index (χ0) is 15.3. The molecule has 114 valence electrons. The molecular formula is C13H26N6O. The normalized spacial score (nSPS) is 12.9. The number of nitrogens with zero attached hydrogens (tertiary/aromatic N) is 4. The van der Waals surface area contributed by atoms with Crippen LogP contribution in [0.25, 0.3) is 0 Å². The Bertz CT molecular complexity index is 431. The maximum Gasteiger partial charge on any atom is 0.323 e. The van der Waals surface area contributed by atoms with Gasteiger partial charge >= 0.3 is 6.01 Å². The molecule has 1 rings (SSSR count). The van der Waals surface area contributed by atoms with Crippen molar-refractivity contribution in [2.24, 2.45) is 11.3 Å². The van der Waals surface area contributed by atoms with Gasteiger partial charge in [0.05, 0.1) is 6.61 Å². The van der Waals surface area contributed by atoms with Crippen LogP contribution in [0.2, 0.25) is 0 Å². The second-order valence-electron chi connectivity index (χ2n) is 5.89. The molecule has 0 aliphatic carbocycles. The molecule has 0 spiro atoms. The van der Waals surface area contributed by atoms with Crippen LogP contribution in [-0.2, 0) is 0 Å². The first-order chi connectivity index (χ1) is 9.29. The van der Waals surface area contributed by atoms with E-state index in [1.54, 1.807) is 0 Å². The lowest BCUT2D eigenvalue weighted by molar-refractivity contribution is 0.289. The molecule has 3 N–H and O–H groups in total. The third-order valence-corrected chi connectivity index (χ3v) is 3.32. The minimum atomic E-state index is 0.0993. The Morgan fingerprint density at radius 1 is 1.30 bits per heavy atom. The Labute approximate surface area is 120 Å². The molecule has 0 radical (unpaired) electrons. The second kappa shape index (κ2) is 6.69. The molecular weight excluding hydrogens is 256 g/mol. The lowest BCUT2D eigenvalue weighted by Gasteiger charge is -2.35. The highest BCUT2D eigenvalue weighted by Gasteiger charge is 2.26. The highest BCUT2D eigenvalue weighted by molar-refractivity contribution is 5.38. The zero-order valence-electron chi connectivity index (χ0n) is 13.3. The molecule has 0 saturated heterocycles. The molecule has 0 amide bonds. The van der Waals surface area contributed by atoms with Crippen molar-refractivity contribution in [3.63, 3.8) is 0 Å². The number of nitrogen functional groups attached to an aromatic ring is 1. The lowest BCUT2D eigenvalue weighted by Crippen LogP contribution is -2.40. The van der Waals surface area contributed by atoms with Gasteiger partial charge in [0.1, 0.15) is 0 Å². The van der Waals surface area contributed by atoms with E-state index in [1.165, 1.54) is 0 Å². The number of hydrogen-bond acceptors (Lipinski definition) is 7. The maximum atomic E-state index is 5.47. The van der Waals surface area contributed by atoms with Gasteiger partial charge in [-0.3, -0.25) is 5.43 Å². The van der Waals surface area contributed by atoms with Crippen molar-refractivity contribution < 1.29 is 4.74 Å². The molecule has 0 aromatic carbocycles. The Morgan fingerprint density at radius 3 is 2.45 bits per heavy atom. The fourth-order valence-electron chi connectivity index (χ4n) is 1.58. The van der Waals surface area contributed by atoms with Crippen LogP contribution in [0.1, 0.15) is 41.0 Å². The Kier molecular flexibility index (Phi) is 5.50. The highest BCUT2D eigenvalue weighted by Crippen LogP contribution is 2.26. The van der Waals surface area contributed by atoms with Gasteiger partial charge in [0.15, 0.2) is 0 Å². The minimum Gasteiger partial charge on any atom is -0.463 e. The molecule has 1 heterocycles. The maximum absolute atomic E-state index is 5.47. The largest absolute Gasteiger partial charge is 0.463 e. The summed E-state index contributed by atoms with van der Waals surface area (Å²) in [4.78, 5) is 14.7. The Balaban J connectivity index is 3.03. The molecule has 1 atom stereocenters. The van der Waals surface area contributed by atoms with Crippen LogP contribution in [0.15, 0.2) is 0 Å². The summed E-state index contributed by atoms with van der Waals surface area (Å²) in [6, 6.07) is 0.535. The van der Waals surface area contributed by atoms with E-state index in [4.69, 9.17) is 10.6 Å². The average molecular weight is 282 g/mol. The Morgan fingerprint density at radius 2 is 1.95 bits per heavy atom. The van der Waals surface area contributed by atoms with Crippen LogP contribution in [0.5, 0.6) is 6.01 Å². The van der Waals surface area contributed by atoms with Gasteiger partial charge in [0.2, 0.25) is 11.9 Å².